The molecule has 0 bridgehead atoms. The average molecular weight is 389 g/mol. The largest absolute Gasteiger partial charge is 0.486 e. The summed E-state index contributed by atoms with van der Waals surface area (Å²) in [6.07, 6.45) is 0.997. The fraction of sp³-hybridized carbons (Fsp3) is 0.333. The summed E-state index contributed by atoms with van der Waals surface area (Å²) in [5.74, 6) is -4.66. The van der Waals surface area contributed by atoms with Crippen LogP contribution in [0, 0.1) is 24.4 Å². The lowest BCUT2D eigenvalue weighted by Gasteiger charge is -2.44. The highest BCUT2D eigenvalue weighted by Crippen LogP contribution is 2.39. The van der Waals surface area contributed by atoms with Crippen LogP contribution in [0.1, 0.15) is 45.5 Å². The number of Topliss-reactive ketones (excluding diaryl/α,β-unsaturated/α-hetero) is 1. The van der Waals surface area contributed by atoms with Gasteiger partial charge in [-0.15, -0.1) is 0 Å². The maximum Gasteiger partial charge on any atom is 0.256 e. The summed E-state index contributed by atoms with van der Waals surface area (Å²) in [5.41, 5.74) is 0.327. The molecule has 2 heterocycles. The molecule has 1 amide bonds. The van der Waals surface area contributed by atoms with Crippen molar-refractivity contribution in [2.75, 3.05) is 13.1 Å². The third-order valence-corrected chi connectivity index (χ3v) is 5.47. The van der Waals surface area contributed by atoms with E-state index in [0.29, 0.717) is 24.2 Å². The number of nitrogens with zero attached hydrogens (tertiary/aromatic N) is 1. The van der Waals surface area contributed by atoms with Gasteiger partial charge in [0.1, 0.15) is 11.4 Å². The first kappa shape index (κ1) is 18.5. The molecule has 4 nitrogen and oxygen atoms in total. The normalized spacial score (nSPS) is 18.0. The zero-order valence-corrected chi connectivity index (χ0v) is 15.2. The van der Waals surface area contributed by atoms with Crippen LogP contribution in [-0.2, 0) is 0 Å². The van der Waals surface area contributed by atoms with Gasteiger partial charge in [0.25, 0.3) is 5.91 Å². The smallest absolute Gasteiger partial charge is 0.256 e. The molecule has 28 heavy (non-hydrogen) atoms. The van der Waals surface area contributed by atoms with Crippen molar-refractivity contribution >= 4 is 11.7 Å². The second-order valence-corrected chi connectivity index (χ2v) is 7.40. The minimum atomic E-state index is -1.66. The number of benzene rings is 2. The molecule has 146 valence electrons. The number of aryl methyl sites for hydroxylation is 1. The van der Waals surface area contributed by atoms with Gasteiger partial charge < -0.3 is 9.64 Å². The van der Waals surface area contributed by atoms with Gasteiger partial charge in [-0.05, 0) is 31.2 Å². The van der Waals surface area contributed by atoms with Crippen molar-refractivity contribution in [2.24, 2.45) is 0 Å². The molecule has 4 rings (SSSR count). The van der Waals surface area contributed by atoms with Gasteiger partial charge in [-0.3, -0.25) is 9.59 Å². The van der Waals surface area contributed by atoms with E-state index in [0.717, 1.165) is 17.7 Å². The predicted octanol–water partition coefficient (Wildman–Crippen LogP) is 4.05. The average Bonchev–Trinajstić information content (AvgIpc) is 2.67. The molecular weight excluding hydrogens is 371 g/mol. The van der Waals surface area contributed by atoms with E-state index in [2.05, 4.69) is 0 Å². The van der Waals surface area contributed by atoms with Gasteiger partial charge in [0.05, 0.1) is 17.5 Å². The Morgan fingerprint density at radius 3 is 2.50 bits per heavy atom. The van der Waals surface area contributed by atoms with E-state index < -0.39 is 34.5 Å². The van der Waals surface area contributed by atoms with Crippen molar-refractivity contribution in [3.05, 3.63) is 64.5 Å². The van der Waals surface area contributed by atoms with E-state index in [-0.39, 0.29) is 25.3 Å². The number of piperidine rings is 1. The van der Waals surface area contributed by atoms with Crippen molar-refractivity contribution in [1.29, 1.82) is 0 Å². The number of ether oxygens (including phenoxy) is 1. The van der Waals surface area contributed by atoms with Crippen LogP contribution in [-0.4, -0.2) is 35.3 Å². The lowest BCUT2D eigenvalue weighted by molar-refractivity contribution is -0.00584. The SMILES string of the molecule is Cc1ccc2c(c1)C(=O)CC1(CCN(C(=O)c3ccc(F)c(F)c3F)CC1)O2. The first-order valence-electron chi connectivity index (χ1n) is 9.05. The van der Waals surface area contributed by atoms with E-state index in [9.17, 15) is 22.8 Å². The van der Waals surface area contributed by atoms with Gasteiger partial charge >= 0.3 is 0 Å². The van der Waals surface area contributed by atoms with E-state index in [1.54, 1.807) is 12.1 Å². The zero-order valence-electron chi connectivity index (χ0n) is 15.2. The Morgan fingerprint density at radius 1 is 1.07 bits per heavy atom. The van der Waals surface area contributed by atoms with Crippen LogP contribution in [0.3, 0.4) is 0 Å². The maximum absolute atomic E-state index is 13.9. The first-order chi connectivity index (χ1) is 13.3. The molecule has 2 aliphatic rings. The molecule has 0 unspecified atom stereocenters. The van der Waals surface area contributed by atoms with Crippen LogP contribution in [0.15, 0.2) is 30.3 Å². The summed E-state index contributed by atoms with van der Waals surface area (Å²) < 4.78 is 46.6. The number of carbonyl (C=O) groups is 2. The lowest BCUT2D eigenvalue weighted by Crippen LogP contribution is -2.52. The molecule has 0 aliphatic carbocycles. The topological polar surface area (TPSA) is 46.6 Å². The number of likely N-dealkylation sites (tertiary alicyclic amines) is 1. The van der Waals surface area contributed by atoms with Gasteiger partial charge in [0.15, 0.2) is 23.2 Å². The standard InChI is InChI=1S/C21H18F3NO3/c1-12-2-5-17-14(10-12)16(26)11-21(28-17)6-8-25(9-7-21)20(27)13-3-4-15(22)19(24)18(13)23/h2-5,10H,6-9,11H2,1H3. The Balaban J connectivity index is 1.51. The molecule has 0 aromatic heterocycles. The summed E-state index contributed by atoms with van der Waals surface area (Å²) in [6, 6.07) is 7.13. The van der Waals surface area contributed by atoms with Crippen molar-refractivity contribution in [3.63, 3.8) is 0 Å². The van der Waals surface area contributed by atoms with Gasteiger partial charge in [0.2, 0.25) is 0 Å². The molecule has 1 fully saturated rings. The molecule has 7 heteroatoms. The Kier molecular flexibility index (Phi) is 4.40. The second-order valence-electron chi connectivity index (χ2n) is 7.40. The van der Waals surface area contributed by atoms with E-state index >= 15 is 0 Å². The van der Waals surface area contributed by atoms with Crippen molar-refractivity contribution in [2.45, 2.75) is 31.8 Å². The van der Waals surface area contributed by atoms with Crippen LogP contribution < -0.4 is 4.74 Å². The summed E-state index contributed by atoms with van der Waals surface area (Å²) in [5, 5.41) is 0. The molecule has 0 atom stereocenters. The van der Waals surface area contributed by atoms with Crippen molar-refractivity contribution in [1.82, 2.24) is 4.90 Å². The van der Waals surface area contributed by atoms with E-state index in [1.165, 1.54) is 4.90 Å². The van der Waals surface area contributed by atoms with Gasteiger partial charge in [-0.1, -0.05) is 11.6 Å². The Labute approximate surface area is 159 Å². The molecule has 2 aromatic carbocycles. The number of carbonyl (C=O) groups excluding carboxylic acids is 2. The summed E-state index contributed by atoms with van der Waals surface area (Å²) >= 11 is 0. The predicted molar refractivity (Wildman–Crippen MR) is 94.9 cm³/mol. The highest BCUT2D eigenvalue weighted by molar-refractivity contribution is 6.00. The Bertz CT molecular complexity index is 981. The molecule has 0 N–H and O–H groups in total. The summed E-state index contributed by atoms with van der Waals surface area (Å²) in [6.45, 7) is 2.36. The third kappa shape index (κ3) is 3.04. The highest BCUT2D eigenvalue weighted by Gasteiger charge is 2.44. The monoisotopic (exact) mass is 389 g/mol. The number of ketones is 1. The summed E-state index contributed by atoms with van der Waals surface area (Å²) in [4.78, 5) is 26.5. The Morgan fingerprint density at radius 2 is 1.79 bits per heavy atom. The number of hydrogen-bond acceptors (Lipinski definition) is 3. The second kappa shape index (κ2) is 6.65. The number of rotatable bonds is 1. The van der Waals surface area contributed by atoms with Crippen LogP contribution in [0.4, 0.5) is 13.2 Å². The highest BCUT2D eigenvalue weighted by atomic mass is 19.2. The fourth-order valence-electron chi connectivity index (χ4n) is 3.87. The number of hydrogen-bond donors (Lipinski definition) is 0. The van der Waals surface area contributed by atoms with Crippen molar-refractivity contribution in [3.8, 4) is 5.75 Å². The van der Waals surface area contributed by atoms with Crippen LogP contribution in [0.2, 0.25) is 0 Å². The molecule has 2 aliphatic heterocycles. The Hall–Kier alpha value is -2.83. The van der Waals surface area contributed by atoms with Crippen molar-refractivity contribution < 1.29 is 27.5 Å². The van der Waals surface area contributed by atoms with Crippen LogP contribution >= 0.6 is 0 Å². The summed E-state index contributed by atoms with van der Waals surface area (Å²) in [7, 11) is 0. The van der Waals surface area contributed by atoms with Gasteiger partial charge in [-0.2, -0.15) is 0 Å². The molecule has 2 aromatic rings. The number of fused-ring (bicyclic) bond motifs is 1. The number of halogens is 3. The minimum Gasteiger partial charge on any atom is -0.486 e. The molecule has 0 saturated carbocycles. The van der Waals surface area contributed by atoms with Crippen LogP contribution in [0.25, 0.3) is 0 Å². The van der Waals surface area contributed by atoms with Gasteiger partial charge in [-0.25, -0.2) is 13.2 Å². The first-order valence-corrected chi connectivity index (χ1v) is 9.05. The number of amides is 1. The van der Waals surface area contributed by atoms with E-state index in [4.69, 9.17) is 4.74 Å². The van der Waals surface area contributed by atoms with Crippen LogP contribution in [0.5, 0.6) is 5.75 Å². The molecule has 0 radical (unpaired) electrons. The molecular formula is C21H18F3NO3. The molecule has 1 saturated heterocycles. The lowest BCUT2D eigenvalue weighted by atomic mass is 9.82. The zero-order chi connectivity index (χ0) is 20.1. The quantitative estimate of drug-likeness (QED) is 0.692. The maximum atomic E-state index is 13.9. The molecule has 1 spiro atoms. The van der Waals surface area contributed by atoms with E-state index in [1.807, 2.05) is 13.0 Å². The van der Waals surface area contributed by atoms with Gasteiger partial charge in [0, 0.05) is 25.9 Å². The third-order valence-electron chi connectivity index (χ3n) is 5.47. The fourth-order valence-corrected chi connectivity index (χ4v) is 3.87. The minimum absolute atomic E-state index is 0.00335.